The smallest absolute Gasteiger partial charge is 0.159 e. The Morgan fingerprint density at radius 3 is 2.62 bits per heavy atom. The van der Waals surface area contributed by atoms with Gasteiger partial charge in [0.2, 0.25) is 0 Å². The fourth-order valence-corrected chi connectivity index (χ4v) is 1.45. The van der Waals surface area contributed by atoms with Crippen LogP contribution in [-0.4, -0.2) is 9.97 Å². The van der Waals surface area contributed by atoms with Gasteiger partial charge in [0.15, 0.2) is 5.82 Å². The minimum atomic E-state index is -0.217. The summed E-state index contributed by atoms with van der Waals surface area (Å²) >= 11 is 0. The fraction of sp³-hybridized carbons (Fsp3) is 0.0769. The monoisotopic (exact) mass is 214 g/mol. The van der Waals surface area contributed by atoms with Gasteiger partial charge in [-0.2, -0.15) is 0 Å². The molecule has 1 heterocycles. The van der Waals surface area contributed by atoms with Crippen LogP contribution in [0.3, 0.4) is 0 Å². The van der Waals surface area contributed by atoms with Gasteiger partial charge >= 0.3 is 0 Å². The highest BCUT2D eigenvalue weighted by molar-refractivity contribution is 5.62. The molecule has 0 amide bonds. The number of halogens is 1. The van der Waals surface area contributed by atoms with E-state index in [1.54, 1.807) is 18.5 Å². The van der Waals surface area contributed by atoms with E-state index in [-0.39, 0.29) is 5.83 Å². The predicted molar refractivity (Wildman–Crippen MR) is 62.2 cm³/mol. The molecule has 1 aromatic carbocycles. The number of allylic oxidation sites excluding steroid dienone is 1. The molecule has 0 N–H and O–H groups in total. The minimum absolute atomic E-state index is 0.217. The summed E-state index contributed by atoms with van der Waals surface area (Å²) in [5, 5.41) is 0. The van der Waals surface area contributed by atoms with Gasteiger partial charge in [0.1, 0.15) is 0 Å². The third kappa shape index (κ3) is 2.51. The molecular weight excluding hydrogens is 203 g/mol. The zero-order chi connectivity index (χ0) is 11.4. The summed E-state index contributed by atoms with van der Waals surface area (Å²) in [5.41, 5.74) is 1.69. The zero-order valence-electron chi connectivity index (χ0n) is 8.89. The van der Waals surface area contributed by atoms with Crippen molar-refractivity contribution in [3.8, 4) is 11.4 Å². The average Bonchev–Trinajstić information content (AvgIpc) is 2.30. The van der Waals surface area contributed by atoms with E-state index in [4.69, 9.17) is 0 Å². The number of aromatic nitrogens is 2. The van der Waals surface area contributed by atoms with E-state index in [2.05, 4.69) is 9.97 Å². The van der Waals surface area contributed by atoms with E-state index in [9.17, 15) is 4.39 Å². The van der Waals surface area contributed by atoms with Gasteiger partial charge in [-0.05, 0) is 30.7 Å². The molecule has 2 nitrogen and oxygen atoms in total. The molecule has 2 rings (SSSR count). The first-order chi connectivity index (χ1) is 7.75. The molecule has 80 valence electrons. The lowest BCUT2D eigenvalue weighted by Gasteiger charge is -2.00. The maximum atomic E-state index is 12.8. The minimum Gasteiger partial charge on any atom is -0.237 e. The van der Waals surface area contributed by atoms with E-state index >= 15 is 0 Å². The van der Waals surface area contributed by atoms with Crippen molar-refractivity contribution in [2.24, 2.45) is 0 Å². The van der Waals surface area contributed by atoms with E-state index in [0.29, 0.717) is 5.82 Å². The fourth-order valence-electron chi connectivity index (χ4n) is 1.45. The molecule has 0 fully saturated rings. The Morgan fingerprint density at radius 1 is 1.19 bits per heavy atom. The van der Waals surface area contributed by atoms with Crippen molar-refractivity contribution in [2.75, 3.05) is 0 Å². The second-order valence-corrected chi connectivity index (χ2v) is 3.43. The first kappa shape index (κ1) is 10.5. The molecule has 2 aromatic rings. The van der Waals surface area contributed by atoms with Crippen molar-refractivity contribution in [3.05, 3.63) is 54.1 Å². The summed E-state index contributed by atoms with van der Waals surface area (Å²) in [6.07, 6.45) is 4.85. The number of hydrogen-bond acceptors (Lipinski definition) is 2. The molecule has 0 saturated heterocycles. The van der Waals surface area contributed by atoms with Crippen molar-refractivity contribution in [3.63, 3.8) is 0 Å². The van der Waals surface area contributed by atoms with Crippen LogP contribution in [0.2, 0.25) is 0 Å². The van der Waals surface area contributed by atoms with Gasteiger partial charge in [-0.15, -0.1) is 0 Å². The van der Waals surface area contributed by atoms with Crippen LogP contribution in [0, 0.1) is 0 Å². The quantitative estimate of drug-likeness (QED) is 0.764. The molecule has 0 bridgehead atoms. The maximum Gasteiger partial charge on any atom is 0.159 e. The van der Waals surface area contributed by atoms with Gasteiger partial charge in [0.05, 0.1) is 5.83 Å². The summed E-state index contributed by atoms with van der Waals surface area (Å²) in [5.74, 6) is 0.431. The van der Waals surface area contributed by atoms with Gasteiger partial charge in [-0.1, -0.05) is 18.2 Å². The van der Waals surface area contributed by atoms with Crippen molar-refractivity contribution in [1.29, 1.82) is 0 Å². The predicted octanol–water partition coefficient (Wildman–Crippen LogP) is 3.47. The van der Waals surface area contributed by atoms with Crippen molar-refractivity contribution < 1.29 is 4.39 Å². The first-order valence-corrected chi connectivity index (χ1v) is 4.97. The SMILES string of the molecule is C/C(F)=C\c1cccc(-c2ncccn2)c1. The highest BCUT2D eigenvalue weighted by Gasteiger charge is 1.99. The van der Waals surface area contributed by atoms with E-state index in [1.807, 2.05) is 24.3 Å². The van der Waals surface area contributed by atoms with Crippen molar-refractivity contribution in [2.45, 2.75) is 6.92 Å². The molecule has 3 heteroatoms. The lowest BCUT2D eigenvalue weighted by molar-refractivity contribution is 0.648. The Labute approximate surface area is 93.5 Å². The highest BCUT2D eigenvalue weighted by Crippen LogP contribution is 2.17. The van der Waals surface area contributed by atoms with Crippen LogP contribution < -0.4 is 0 Å². The zero-order valence-corrected chi connectivity index (χ0v) is 8.89. The Bertz CT molecular complexity index is 502. The van der Waals surface area contributed by atoms with E-state index < -0.39 is 0 Å². The van der Waals surface area contributed by atoms with Crippen molar-refractivity contribution in [1.82, 2.24) is 9.97 Å². The Kier molecular flexibility index (Phi) is 3.05. The summed E-state index contributed by atoms with van der Waals surface area (Å²) in [7, 11) is 0. The Hall–Kier alpha value is -2.03. The summed E-state index contributed by atoms with van der Waals surface area (Å²) in [6.45, 7) is 1.42. The molecule has 0 aliphatic carbocycles. The third-order valence-corrected chi connectivity index (χ3v) is 2.08. The molecule has 0 radical (unpaired) electrons. The maximum absolute atomic E-state index is 12.8. The first-order valence-electron chi connectivity index (χ1n) is 4.97. The Balaban J connectivity index is 2.41. The van der Waals surface area contributed by atoms with Crippen LogP contribution in [0.15, 0.2) is 48.6 Å². The number of hydrogen-bond donors (Lipinski definition) is 0. The molecule has 0 aliphatic rings. The van der Waals surface area contributed by atoms with Crippen LogP contribution in [-0.2, 0) is 0 Å². The van der Waals surface area contributed by atoms with Crippen LogP contribution in [0.4, 0.5) is 4.39 Å². The van der Waals surface area contributed by atoms with Crippen LogP contribution >= 0.6 is 0 Å². The molecule has 0 spiro atoms. The second-order valence-electron chi connectivity index (χ2n) is 3.43. The topological polar surface area (TPSA) is 25.8 Å². The van der Waals surface area contributed by atoms with Crippen molar-refractivity contribution >= 4 is 6.08 Å². The summed E-state index contributed by atoms with van der Waals surface area (Å²) in [4.78, 5) is 8.29. The van der Waals surface area contributed by atoms with E-state index in [0.717, 1.165) is 11.1 Å². The lowest BCUT2D eigenvalue weighted by Crippen LogP contribution is -1.86. The normalized spacial score (nSPS) is 11.5. The van der Waals surface area contributed by atoms with Gasteiger partial charge in [0.25, 0.3) is 0 Å². The van der Waals surface area contributed by atoms with Gasteiger partial charge < -0.3 is 0 Å². The Morgan fingerprint density at radius 2 is 1.94 bits per heavy atom. The van der Waals surface area contributed by atoms with Gasteiger partial charge in [-0.25, -0.2) is 14.4 Å². The van der Waals surface area contributed by atoms with Crippen LogP contribution in [0.5, 0.6) is 0 Å². The molecule has 0 saturated carbocycles. The molecule has 0 unspecified atom stereocenters. The van der Waals surface area contributed by atoms with Crippen LogP contribution in [0.1, 0.15) is 12.5 Å². The number of rotatable bonds is 2. The van der Waals surface area contributed by atoms with Gasteiger partial charge in [-0.3, -0.25) is 0 Å². The summed E-state index contributed by atoms with van der Waals surface area (Å²) < 4.78 is 12.8. The third-order valence-electron chi connectivity index (χ3n) is 2.08. The molecule has 0 atom stereocenters. The largest absolute Gasteiger partial charge is 0.237 e. The second kappa shape index (κ2) is 4.66. The lowest BCUT2D eigenvalue weighted by atomic mass is 10.1. The highest BCUT2D eigenvalue weighted by atomic mass is 19.1. The number of benzene rings is 1. The standard InChI is InChI=1S/C13H11FN2/c1-10(14)8-11-4-2-5-12(9-11)13-15-6-3-7-16-13/h2-9H,1H3/b10-8+. The molecule has 16 heavy (non-hydrogen) atoms. The molecular formula is C13H11FN2. The van der Waals surface area contributed by atoms with E-state index in [1.165, 1.54) is 13.0 Å². The number of nitrogens with zero attached hydrogens (tertiary/aromatic N) is 2. The molecule has 0 aliphatic heterocycles. The van der Waals surface area contributed by atoms with Gasteiger partial charge in [0, 0.05) is 18.0 Å². The molecule has 1 aromatic heterocycles. The average molecular weight is 214 g/mol. The summed E-state index contributed by atoms with van der Waals surface area (Å²) in [6, 6.07) is 9.23. The van der Waals surface area contributed by atoms with Crippen LogP contribution in [0.25, 0.3) is 17.5 Å².